The topological polar surface area (TPSA) is 69.6 Å². The van der Waals surface area contributed by atoms with E-state index >= 15 is 0 Å². The molecule has 1 unspecified atom stereocenters. The van der Waals surface area contributed by atoms with Crippen LogP contribution < -0.4 is 5.32 Å². The molecule has 0 saturated heterocycles. The predicted octanol–water partition coefficient (Wildman–Crippen LogP) is 0.458. The summed E-state index contributed by atoms with van der Waals surface area (Å²) in [6.07, 6.45) is 0.558. The van der Waals surface area contributed by atoms with Crippen molar-refractivity contribution in [3.8, 4) is 0 Å². The van der Waals surface area contributed by atoms with Crippen molar-refractivity contribution in [2.24, 2.45) is 5.92 Å². The quantitative estimate of drug-likeness (QED) is 0.567. The number of nitrogens with one attached hydrogen (secondary N) is 1. The molecule has 0 rings (SSSR count). The van der Waals surface area contributed by atoms with Crippen LogP contribution in [0.5, 0.6) is 0 Å². The molecule has 0 aromatic carbocycles. The van der Waals surface area contributed by atoms with Crippen LogP contribution in [0.4, 0.5) is 0 Å². The van der Waals surface area contributed by atoms with Gasteiger partial charge in [-0.15, -0.1) is 0 Å². The molecular formula is C9H19NO3. The van der Waals surface area contributed by atoms with E-state index in [0.717, 1.165) is 0 Å². The molecule has 1 atom stereocenters. The summed E-state index contributed by atoms with van der Waals surface area (Å²) in [6.45, 7) is 5.87. The lowest BCUT2D eigenvalue weighted by Gasteiger charge is -2.27. The van der Waals surface area contributed by atoms with Crippen molar-refractivity contribution in [2.75, 3.05) is 13.2 Å². The maximum atomic E-state index is 10.9. The highest BCUT2D eigenvalue weighted by Gasteiger charge is 2.32. The van der Waals surface area contributed by atoms with Gasteiger partial charge in [0.2, 0.25) is 0 Å². The number of hydrogen-bond acceptors (Lipinski definition) is 3. The highest BCUT2D eigenvalue weighted by atomic mass is 16.4. The van der Waals surface area contributed by atoms with Gasteiger partial charge in [-0.3, -0.25) is 10.1 Å². The fourth-order valence-corrected chi connectivity index (χ4v) is 1.38. The van der Waals surface area contributed by atoms with Gasteiger partial charge >= 0.3 is 5.97 Å². The molecule has 0 aromatic heterocycles. The van der Waals surface area contributed by atoms with E-state index in [-0.39, 0.29) is 6.61 Å². The van der Waals surface area contributed by atoms with E-state index in [2.05, 4.69) is 5.32 Å². The molecule has 0 heterocycles. The van der Waals surface area contributed by atoms with Gasteiger partial charge in [0.05, 0.1) is 6.61 Å². The number of rotatable bonds is 6. The van der Waals surface area contributed by atoms with E-state index in [0.29, 0.717) is 18.9 Å². The normalized spacial score (nSPS) is 15.8. The molecule has 0 radical (unpaired) electrons. The highest BCUT2D eigenvalue weighted by Crippen LogP contribution is 2.16. The van der Waals surface area contributed by atoms with Gasteiger partial charge in [0, 0.05) is 6.54 Å². The number of carboxylic acids is 1. The molecule has 0 fully saturated rings. The standard InChI is InChI=1S/C9H19NO3/c1-7(2)6-9(3,8(12)13)10-4-5-11/h7,10-11H,4-6H2,1-3H3,(H,12,13). The summed E-state index contributed by atoms with van der Waals surface area (Å²) >= 11 is 0. The summed E-state index contributed by atoms with van der Waals surface area (Å²) < 4.78 is 0. The average molecular weight is 189 g/mol. The zero-order valence-corrected chi connectivity index (χ0v) is 8.50. The van der Waals surface area contributed by atoms with Crippen LogP contribution in [-0.2, 0) is 4.79 Å². The minimum Gasteiger partial charge on any atom is -0.480 e. The molecule has 4 heteroatoms. The Morgan fingerprint density at radius 1 is 1.54 bits per heavy atom. The summed E-state index contributed by atoms with van der Waals surface area (Å²) in [6, 6.07) is 0. The number of aliphatic carboxylic acids is 1. The van der Waals surface area contributed by atoms with Crippen molar-refractivity contribution in [1.29, 1.82) is 0 Å². The van der Waals surface area contributed by atoms with Crippen molar-refractivity contribution in [3.05, 3.63) is 0 Å². The summed E-state index contributed by atoms with van der Waals surface area (Å²) in [5, 5.41) is 20.4. The van der Waals surface area contributed by atoms with Gasteiger partial charge in [-0.1, -0.05) is 13.8 Å². The summed E-state index contributed by atoms with van der Waals surface area (Å²) in [5.74, 6) is -0.554. The maximum Gasteiger partial charge on any atom is 0.323 e. The van der Waals surface area contributed by atoms with Crippen LogP contribution in [-0.4, -0.2) is 34.9 Å². The van der Waals surface area contributed by atoms with E-state index in [1.54, 1.807) is 6.92 Å². The fourth-order valence-electron chi connectivity index (χ4n) is 1.38. The van der Waals surface area contributed by atoms with Crippen molar-refractivity contribution in [1.82, 2.24) is 5.32 Å². The van der Waals surface area contributed by atoms with Gasteiger partial charge < -0.3 is 10.2 Å². The number of β-amino-alcohol motifs (C(OH)–C–C–N with tert-alkyl or cyclic N) is 1. The van der Waals surface area contributed by atoms with E-state index < -0.39 is 11.5 Å². The molecule has 0 spiro atoms. The third kappa shape index (κ3) is 4.24. The van der Waals surface area contributed by atoms with Crippen molar-refractivity contribution in [2.45, 2.75) is 32.7 Å². The third-order valence-electron chi connectivity index (χ3n) is 1.92. The molecule has 0 bridgehead atoms. The first-order valence-corrected chi connectivity index (χ1v) is 4.51. The molecule has 78 valence electrons. The Balaban J connectivity index is 4.25. The van der Waals surface area contributed by atoms with Gasteiger partial charge in [0.1, 0.15) is 5.54 Å². The average Bonchev–Trinajstić information content (AvgIpc) is 1.99. The van der Waals surface area contributed by atoms with E-state index in [9.17, 15) is 4.79 Å². The van der Waals surface area contributed by atoms with Crippen molar-refractivity contribution in [3.63, 3.8) is 0 Å². The Bertz CT molecular complexity index is 170. The number of aliphatic hydroxyl groups excluding tert-OH is 1. The molecular weight excluding hydrogens is 170 g/mol. The smallest absolute Gasteiger partial charge is 0.323 e. The largest absolute Gasteiger partial charge is 0.480 e. The van der Waals surface area contributed by atoms with Crippen LogP contribution in [0.25, 0.3) is 0 Å². The number of carboxylic acid groups (broad SMARTS) is 1. The van der Waals surface area contributed by atoms with Crippen molar-refractivity contribution < 1.29 is 15.0 Å². The Hall–Kier alpha value is -0.610. The summed E-state index contributed by atoms with van der Waals surface area (Å²) in [7, 11) is 0. The van der Waals surface area contributed by atoms with Crippen molar-refractivity contribution >= 4 is 5.97 Å². The van der Waals surface area contributed by atoms with E-state index in [4.69, 9.17) is 10.2 Å². The molecule has 0 aliphatic carbocycles. The zero-order chi connectivity index (χ0) is 10.5. The third-order valence-corrected chi connectivity index (χ3v) is 1.92. The van der Waals surface area contributed by atoms with Gasteiger partial charge in [0.25, 0.3) is 0 Å². The number of hydrogen-bond donors (Lipinski definition) is 3. The van der Waals surface area contributed by atoms with Gasteiger partial charge in [-0.05, 0) is 19.3 Å². The van der Waals surface area contributed by atoms with Crippen LogP contribution in [0.1, 0.15) is 27.2 Å². The Morgan fingerprint density at radius 3 is 2.38 bits per heavy atom. The zero-order valence-electron chi connectivity index (χ0n) is 8.50. The van der Waals surface area contributed by atoms with Gasteiger partial charge in [0.15, 0.2) is 0 Å². The molecule has 3 N–H and O–H groups in total. The van der Waals surface area contributed by atoms with E-state index in [1.165, 1.54) is 0 Å². The first kappa shape index (κ1) is 12.4. The van der Waals surface area contributed by atoms with Crippen LogP contribution >= 0.6 is 0 Å². The SMILES string of the molecule is CC(C)CC(C)(NCCO)C(=O)O. The Kier molecular flexibility index (Phi) is 4.95. The molecule has 0 aliphatic heterocycles. The van der Waals surface area contributed by atoms with E-state index in [1.807, 2.05) is 13.8 Å². The fraction of sp³-hybridized carbons (Fsp3) is 0.889. The molecule has 0 amide bonds. The minimum absolute atomic E-state index is 0.0407. The molecule has 0 aliphatic rings. The second-order valence-electron chi connectivity index (χ2n) is 3.89. The minimum atomic E-state index is -0.920. The maximum absolute atomic E-state index is 10.9. The number of aliphatic hydroxyl groups is 1. The van der Waals surface area contributed by atoms with Crippen LogP contribution in [0.2, 0.25) is 0 Å². The lowest BCUT2D eigenvalue weighted by molar-refractivity contribution is -0.144. The van der Waals surface area contributed by atoms with Gasteiger partial charge in [-0.2, -0.15) is 0 Å². The lowest BCUT2D eigenvalue weighted by atomic mass is 9.91. The predicted molar refractivity (Wildman–Crippen MR) is 50.6 cm³/mol. The molecule has 13 heavy (non-hydrogen) atoms. The molecule has 4 nitrogen and oxygen atoms in total. The monoisotopic (exact) mass is 189 g/mol. The Labute approximate surface area is 79.0 Å². The second-order valence-corrected chi connectivity index (χ2v) is 3.89. The van der Waals surface area contributed by atoms with Crippen LogP contribution in [0.15, 0.2) is 0 Å². The summed E-state index contributed by atoms with van der Waals surface area (Å²) in [5.41, 5.74) is -0.920. The van der Waals surface area contributed by atoms with Crippen LogP contribution in [0.3, 0.4) is 0 Å². The first-order valence-electron chi connectivity index (χ1n) is 4.51. The second kappa shape index (κ2) is 5.19. The molecule has 0 aromatic rings. The first-order chi connectivity index (χ1) is 5.92. The van der Waals surface area contributed by atoms with Crippen LogP contribution in [0, 0.1) is 5.92 Å². The number of carbonyl (C=O) groups is 1. The van der Waals surface area contributed by atoms with Gasteiger partial charge in [-0.25, -0.2) is 0 Å². The lowest BCUT2D eigenvalue weighted by Crippen LogP contribution is -2.51. The molecule has 0 saturated carbocycles. The summed E-state index contributed by atoms with van der Waals surface area (Å²) in [4.78, 5) is 10.9. The Morgan fingerprint density at radius 2 is 2.08 bits per heavy atom. The highest BCUT2D eigenvalue weighted by molar-refractivity contribution is 5.78.